The summed E-state index contributed by atoms with van der Waals surface area (Å²) < 4.78 is 31.0. The molecule has 1 aromatic rings. The Bertz CT molecular complexity index is 654. The van der Waals surface area contributed by atoms with E-state index in [1.54, 1.807) is 30.6 Å². The molecule has 1 aliphatic rings. The molecule has 0 saturated carbocycles. The smallest absolute Gasteiger partial charge is 0.360 e. The Morgan fingerprint density at radius 1 is 1.07 bits per heavy atom. The summed E-state index contributed by atoms with van der Waals surface area (Å²) in [6.45, 7) is 7.52. The van der Waals surface area contributed by atoms with E-state index in [1.807, 2.05) is 58.2 Å². The molecule has 27 heavy (non-hydrogen) atoms. The van der Waals surface area contributed by atoms with Crippen molar-refractivity contribution in [3.05, 3.63) is 42.5 Å². The monoisotopic (exact) mass is 448 g/mol. The van der Waals surface area contributed by atoms with Gasteiger partial charge in [-0.1, -0.05) is 30.4 Å². The van der Waals surface area contributed by atoms with Crippen molar-refractivity contribution in [2.45, 2.75) is 59.3 Å². The van der Waals surface area contributed by atoms with Crippen molar-refractivity contribution in [1.29, 1.82) is 0 Å². The first-order valence-electron chi connectivity index (χ1n) is 8.89. The Labute approximate surface area is 176 Å². The lowest BCUT2D eigenvalue weighted by Gasteiger charge is -2.45. The molecular formula is C19H29O4PS3. The van der Waals surface area contributed by atoms with Gasteiger partial charge in [-0.2, -0.15) is 0 Å². The highest BCUT2D eigenvalue weighted by atomic mass is 32.2. The predicted octanol–water partition coefficient (Wildman–Crippen LogP) is 6.48. The third kappa shape index (κ3) is 5.59. The molecule has 3 atom stereocenters. The van der Waals surface area contributed by atoms with Gasteiger partial charge in [0.15, 0.2) is 3.82 Å². The molecule has 0 saturated heterocycles. The lowest BCUT2D eigenvalue weighted by atomic mass is 10.3. The molecule has 2 rings (SSSR count). The second-order valence-electron chi connectivity index (χ2n) is 6.60. The van der Waals surface area contributed by atoms with Gasteiger partial charge in [0, 0.05) is 12.0 Å². The van der Waals surface area contributed by atoms with E-state index < -0.39 is 11.4 Å². The summed E-state index contributed by atoms with van der Waals surface area (Å²) in [6, 6.07) is 10.2. The number of thioether (sulfide) groups is 3. The summed E-state index contributed by atoms with van der Waals surface area (Å²) in [5.41, 5.74) is 0. The van der Waals surface area contributed by atoms with Gasteiger partial charge in [-0.3, -0.25) is 4.57 Å². The maximum absolute atomic E-state index is 14.1. The topological polar surface area (TPSA) is 44.8 Å². The van der Waals surface area contributed by atoms with E-state index in [0.29, 0.717) is 0 Å². The van der Waals surface area contributed by atoms with E-state index in [0.717, 1.165) is 4.90 Å². The molecule has 1 aliphatic heterocycles. The zero-order valence-electron chi connectivity index (χ0n) is 16.7. The first kappa shape index (κ1) is 23.4. The molecule has 0 unspecified atom stereocenters. The van der Waals surface area contributed by atoms with Crippen LogP contribution in [0.5, 0.6) is 0 Å². The van der Waals surface area contributed by atoms with Crippen LogP contribution >= 0.6 is 42.9 Å². The first-order chi connectivity index (χ1) is 12.8. The van der Waals surface area contributed by atoms with Crippen LogP contribution < -0.4 is 0 Å². The molecule has 152 valence electrons. The Kier molecular flexibility index (Phi) is 8.87. The fraction of sp³-hybridized carbons (Fsp3) is 0.579. The van der Waals surface area contributed by atoms with Crippen LogP contribution in [0.25, 0.3) is 0 Å². The fourth-order valence-corrected chi connectivity index (χ4v) is 11.0. The van der Waals surface area contributed by atoms with Gasteiger partial charge in [0.05, 0.1) is 16.8 Å². The molecule has 0 bridgehead atoms. The molecule has 4 nitrogen and oxygen atoms in total. The van der Waals surface area contributed by atoms with Crippen molar-refractivity contribution in [2.24, 2.45) is 0 Å². The summed E-state index contributed by atoms with van der Waals surface area (Å²) in [4.78, 5) is 1.16. The van der Waals surface area contributed by atoms with Crippen LogP contribution in [0, 0.1) is 0 Å². The van der Waals surface area contributed by atoms with Crippen molar-refractivity contribution in [3.63, 3.8) is 0 Å². The van der Waals surface area contributed by atoms with E-state index in [9.17, 15) is 4.57 Å². The molecule has 8 heteroatoms. The number of hydrogen-bond acceptors (Lipinski definition) is 7. The van der Waals surface area contributed by atoms with Gasteiger partial charge in [-0.05, 0) is 46.1 Å². The van der Waals surface area contributed by atoms with Crippen LogP contribution in [0.1, 0.15) is 27.7 Å². The summed E-state index contributed by atoms with van der Waals surface area (Å²) in [6.07, 6.45) is 5.23. The molecule has 0 aromatic heterocycles. The van der Waals surface area contributed by atoms with E-state index in [2.05, 4.69) is 18.2 Å². The second-order valence-corrected chi connectivity index (χ2v) is 13.5. The SMILES string of the molecule is CO[C@@H]1C=C[C@H](Sc2ccccc2)S[C@@]1(SC)P(=O)(OC(C)C)OC(C)C. The Morgan fingerprint density at radius 3 is 2.15 bits per heavy atom. The number of rotatable bonds is 9. The second kappa shape index (κ2) is 10.2. The van der Waals surface area contributed by atoms with Crippen molar-refractivity contribution in [2.75, 3.05) is 13.4 Å². The average Bonchev–Trinajstić information content (AvgIpc) is 2.60. The highest BCUT2D eigenvalue weighted by Gasteiger charge is 2.59. The van der Waals surface area contributed by atoms with Crippen LogP contribution in [0.3, 0.4) is 0 Å². The van der Waals surface area contributed by atoms with E-state index in [-0.39, 0.29) is 22.9 Å². The van der Waals surface area contributed by atoms with Crippen molar-refractivity contribution < 1.29 is 18.3 Å². The predicted molar refractivity (Wildman–Crippen MR) is 120 cm³/mol. The third-order valence-electron chi connectivity index (χ3n) is 3.71. The van der Waals surface area contributed by atoms with Crippen LogP contribution in [-0.2, 0) is 18.3 Å². The van der Waals surface area contributed by atoms with Gasteiger partial charge in [-0.25, -0.2) is 0 Å². The first-order valence-corrected chi connectivity index (χ1v) is 13.4. The van der Waals surface area contributed by atoms with Crippen molar-refractivity contribution in [1.82, 2.24) is 0 Å². The average molecular weight is 449 g/mol. The fourth-order valence-electron chi connectivity index (χ4n) is 2.73. The number of methoxy groups -OCH3 is 1. The Hall–Kier alpha value is 0.120. The maximum Gasteiger partial charge on any atom is 0.360 e. The van der Waals surface area contributed by atoms with E-state index >= 15 is 0 Å². The molecule has 1 heterocycles. The number of ether oxygens (including phenoxy) is 1. The molecule has 0 radical (unpaired) electrons. The van der Waals surface area contributed by atoms with Crippen LogP contribution in [0.15, 0.2) is 47.4 Å². The van der Waals surface area contributed by atoms with Crippen molar-refractivity contribution >= 4 is 42.9 Å². The zero-order chi connectivity index (χ0) is 20.1. The molecule has 1 aromatic carbocycles. The lowest BCUT2D eigenvalue weighted by Crippen LogP contribution is -2.41. The minimum Gasteiger partial charge on any atom is -0.374 e. The standard InChI is InChI=1S/C19H29O4PS3/c1-14(2)22-24(20,23-15(3)4)19(25-6)17(21-5)12-13-18(27-19)26-16-10-8-7-9-11-16/h7-15,17-18H,1-6H3/t17-,18-,19-/m1/s1. The van der Waals surface area contributed by atoms with E-state index in [1.165, 1.54) is 11.8 Å². The number of hydrogen-bond donors (Lipinski definition) is 0. The summed E-state index contributed by atoms with van der Waals surface area (Å²) in [7, 11) is -1.88. The highest BCUT2D eigenvalue weighted by molar-refractivity contribution is 8.30. The summed E-state index contributed by atoms with van der Waals surface area (Å²) in [5.74, 6) is 0. The molecule has 0 aliphatic carbocycles. The quantitative estimate of drug-likeness (QED) is 0.316. The van der Waals surface area contributed by atoms with Gasteiger partial charge < -0.3 is 13.8 Å². The van der Waals surface area contributed by atoms with Gasteiger partial charge in [0.2, 0.25) is 0 Å². The minimum absolute atomic E-state index is 0.0751. The molecule has 0 fully saturated rings. The zero-order valence-corrected chi connectivity index (χ0v) is 20.0. The third-order valence-corrected chi connectivity index (χ3v) is 12.4. The molecule has 0 amide bonds. The van der Waals surface area contributed by atoms with Gasteiger partial charge in [0.1, 0.15) is 6.10 Å². The summed E-state index contributed by atoms with van der Waals surface area (Å²) in [5, 5.41) is 0. The minimum atomic E-state index is -3.52. The van der Waals surface area contributed by atoms with Gasteiger partial charge in [-0.15, -0.1) is 35.3 Å². The molecular weight excluding hydrogens is 419 g/mol. The van der Waals surface area contributed by atoms with Gasteiger partial charge >= 0.3 is 7.60 Å². The summed E-state index contributed by atoms with van der Waals surface area (Å²) >= 11 is 4.81. The molecule has 0 N–H and O–H groups in total. The normalized spacial score (nSPS) is 26.1. The van der Waals surface area contributed by atoms with E-state index in [4.69, 9.17) is 13.8 Å². The highest BCUT2D eigenvalue weighted by Crippen LogP contribution is 2.74. The van der Waals surface area contributed by atoms with Crippen LogP contribution in [0.2, 0.25) is 0 Å². The van der Waals surface area contributed by atoms with Gasteiger partial charge in [0.25, 0.3) is 0 Å². The Balaban J connectivity index is 2.41. The van der Waals surface area contributed by atoms with Crippen LogP contribution in [-0.4, -0.2) is 40.1 Å². The maximum atomic E-state index is 14.1. The van der Waals surface area contributed by atoms with Crippen LogP contribution in [0.4, 0.5) is 0 Å². The molecule has 0 spiro atoms. The van der Waals surface area contributed by atoms with Crippen molar-refractivity contribution in [3.8, 4) is 0 Å². The Morgan fingerprint density at radius 2 is 1.67 bits per heavy atom. The largest absolute Gasteiger partial charge is 0.374 e. The number of benzene rings is 1. The lowest BCUT2D eigenvalue weighted by molar-refractivity contribution is 0.106.